The summed E-state index contributed by atoms with van der Waals surface area (Å²) >= 11 is 0.902. The fraction of sp³-hybridized carbons (Fsp3) is 0.500. The smallest absolute Gasteiger partial charge is 0.359 e. The molecule has 0 spiro atoms. The molecule has 66 valence electrons. The highest BCUT2D eigenvalue weighted by molar-refractivity contribution is 6.99. The number of carboxylic acids is 1. The molecule has 0 aromatic carbocycles. The summed E-state index contributed by atoms with van der Waals surface area (Å²) in [6.45, 7) is 2.71. The molecule has 1 heterocycles. The maximum absolute atomic E-state index is 10.5. The summed E-state index contributed by atoms with van der Waals surface area (Å²) in [4.78, 5) is 10.5. The van der Waals surface area contributed by atoms with Crippen molar-refractivity contribution in [1.82, 2.24) is 8.75 Å². The number of hydrogen-bond acceptors (Lipinski definition) is 5. The molecule has 0 amide bonds. The van der Waals surface area contributed by atoms with Gasteiger partial charge in [0.15, 0.2) is 5.82 Å². The van der Waals surface area contributed by atoms with Crippen molar-refractivity contribution in [3.63, 3.8) is 0 Å². The van der Waals surface area contributed by atoms with E-state index in [4.69, 9.17) is 5.11 Å². The van der Waals surface area contributed by atoms with E-state index in [9.17, 15) is 4.79 Å². The number of aromatic nitrogens is 2. The van der Waals surface area contributed by atoms with Crippen LogP contribution in [0.4, 0.5) is 5.82 Å². The second-order valence-corrected chi connectivity index (χ2v) is 2.72. The van der Waals surface area contributed by atoms with Gasteiger partial charge in [0.05, 0.1) is 11.7 Å². The number of nitrogens with one attached hydrogen (secondary N) is 1. The molecule has 0 radical (unpaired) electrons. The number of aromatic carboxylic acids is 1. The van der Waals surface area contributed by atoms with Crippen LogP contribution < -0.4 is 5.32 Å². The molecule has 2 N–H and O–H groups in total. The minimum Gasteiger partial charge on any atom is -0.476 e. The van der Waals surface area contributed by atoms with Crippen molar-refractivity contribution >= 4 is 23.5 Å². The van der Waals surface area contributed by atoms with Crippen molar-refractivity contribution in [2.45, 2.75) is 13.3 Å². The van der Waals surface area contributed by atoms with Crippen LogP contribution in [-0.2, 0) is 0 Å². The van der Waals surface area contributed by atoms with Gasteiger partial charge < -0.3 is 10.4 Å². The van der Waals surface area contributed by atoms with Crippen LogP contribution in [0.1, 0.15) is 23.8 Å². The number of carbonyl (C=O) groups is 1. The van der Waals surface area contributed by atoms with E-state index in [-0.39, 0.29) is 5.69 Å². The first kappa shape index (κ1) is 8.92. The Morgan fingerprint density at radius 2 is 2.42 bits per heavy atom. The molecule has 1 rings (SSSR count). The van der Waals surface area contributed by atoms with Crippen LogP contribution in [0.3, 0.4) is 0 Å². The third-order valence-corrected chi connectivity index (χ3v) is 1.76. The van der Waals surface area contributed by atoms with Crippen molar-refractivity contribution in [2.24, 2.45) is 0 Å². The van der Waals surface area contributed by atoms with E-state index in [0.717, 1.165) is 18.1 Å². The third-order valence-electron chi connectivity index (χ3n) is 1.23. The van der Waals surface area contributed by atoms with Crippen molar-refractivity contribution in [2.75, 3.05) is 11.9 Å². The largest absolute Gasteiger partial charge is 0.476 e. The summed E-state index contributed by atoms with van der Waals surface area (Å²) in [6.07, 6.45) is 0.927. The molecular formula is C6H9N3O2S. The molecule has 0 saturated carbocycles. The zero-order chi connectivity index (χ0) is 8.97. The summed E-state index contributed by atoms with van der Waals surface area (Å²) in [6, 6.07) is 0. The van der Waals surface area contributed by atoms with E-state index in [0.29, 0.717) is 12.4 Å². The quantitative estimate of drug-likeness (QED) is 0.737. The predicted molar refractivity (Wildman–Crippen MR) is 45.6 cm³/mol. The summed E-state index contributed by atoms with van der Waals surface area (Å²) in [7, 11) is 0. The molecule has 1 aromatic heterocycles. The van der Waals surface area contributed by atoms with Gasteiger partial charge in [0.1, 0.15) is 0 Å². The van der Waals surface area contributed by atoms with Gasteiger partial charge in [-0.15, -0.1) is 0 Å². The Bertz CT molecular complexity index is 274. The molecule has 5 nitrogen and oxygen atoms in total. The van der Waals surface area contributed by atoms with Crippen LogP contribution in [0.25, 0.3) is 0 Å². The normalized spacial score (nSPS) is 9.75. The van der Waals surface area contributed by atoms with E-state index < -0.39 is 5.97 Å². The van der Waals surface area contributed by atoms with Crippen molar-refractivity contribution in [3.05, 3.63) is 5.69 Å². The molecular weight excluding hydrogens is 178 g/mol. The summed E-state index contributed by atoms with van der Waals surface area (Å²) < 4.78 is 7.45. The standard InChI is InChI=1S/C6H9N3O2S/c1-2-3-7-5-4(6(10)11)8-12-9-5/h2-3H2,1H3,(H,7,9)(H,10,11). The predicted octanol–water partition coefficient (Wildman–Crippen LogP) is 1.06. The lowest BCUT2D eigenvalue weighted by atomic mass is 10.4. The molecule has 12 heavy (non-hydrogen) atoms. The number of carboxylic acid groups (broad SMARTS) is 1. The first-order chi connectivity index (χ1) is 5.75. The molecule has 0 atom stereocenters. The van der Waals surface area contributed by atoms with Crippen LogP contribution in [0.5, 0.6) is 0 Å². The van der Waals surface area contributed by atoms with Gasteiger partial charge in [0.25, 0.3) is 0 Å². The van der Waals surface area contributed by atoms with Crippen LogP contribution in [-0.4, -0.2) is 26.4 Å². The SMILES string of the molecule is CCCNc1nsnc1C(=O)O. The molecule has 0 aliphatic rings. The molecule has 1 aromatic rings. The monoisotopic (exact) mass is 187 g/mol. The average Bonchev–Trinajstić information content (AvgIpc) is 2.48. The van der Waals surface area contributed by atoms with Gasteiger partial charge in [-0.3, -0.25) is 0 Å². The van der Waals surface area contributed by atoms with Gasteiger partial charge in [-0.1, -0.05) is 6.92 Å². The van der Waals surface area contributed by atoms with E-state index >= 15 is 0 Å². The highest BCUT2D eigenvalue weighted by Gasteiger charge is 2.13. The lowest BCUT2D eigenvalue weighted by Crippen LogP contribution is -2.06. The highest BCUT2D eigenvalue weighted by atomic mass is 32.1. The van der Waals surface area contributed by atoms with Gasteiger partial charge in [0.2, 0.25) is 5.69 Å². The first-order valence-electron chi connectivity index (χ1n) is 3.55. The van der Waals surface area contributed by atoms with Crippen LogP contribution >= 0.6 is 11.7 Å². The fourth-order valence-electron chi connectivity index (χ4n) is 0.688. The Kier molecular flexibility index (Phi) is 2.98. The van der Waals surface area contributed by atoms with Crippen molar-refractivity contribution in [1.29, 1.82) is 0 Å². The molecule has 0 saturated heterocycles. The van der Waals surface area contributed by atoms with Gasteiger partial charge in [0, 0.05) is 6.54 Å². The zero-order valence-corrected chi connectivity index (χ0v) is 7.39. The summed E-state index contributed by atoms with van der Waals surface area (Å²) in [5.41, 5.74) is 0.00782. The lowest BCUT2D eigenvalue weighted by molar-refractivity contribution is 0.0693. The van der Waals surface area contributed by atoms with E-state index in [1.165, 1.54) is 0 Å². The Morgan fingerprint density at radius 1 is 1.67 bits per heavy atom. The van der Waals surface area contributed by atoms with Crippen LogP contribution in [0.15, 0.2) is 0 Å². The van der Waals surface area contributed by atoms with Crippen molar-refractivity contribution < 1.29 is 9.90 Å². The second-order valence-electron chi connectivity index (χ2n) is 2.19. The zero-order valence-electron chi connectivity index (χ0n) is 6.57. The van der Waals surface area contributed by atoms with Gasteiger partial charge in [-0.05, 0) is 6.42 Å². The van der Waals surface area contributed by atoms with Crippen LogP contribution in [0, 0.1) is 0 Å². The number of nitrogens with zero attached hydrogens (tertiary/aromatic N) is 2. The highest BCUT2D eigenvalue weighted by Crippen LogP contribution is 2.11. The molecule has 0 bridgehead atoms. The Hall–Kier alpha value is -1.17. The molecule has 0 unspecified atom stereocenters. The van der Waals surface area contributed by atoms with E-state index in [1.54, 1.807) is 0 Å². The molecule has 0 fully saturated rings. The second kappa shape index (κ2) is 4.01. The minimum atomic E-state index is -1.04. The number of anilines is 1. The average molecular weight is 187 g/mol. The molecule has 6 heteroatoms. The van der Waals surface area contributed by atoms with E-state index in [1.807, 2.05) is 6.92 Å². The van der Waals surface area contributed by atoms with Gasteiger partial charge in [-0.2, -0.15) is 8.75 Å². The summed E-state index contributed by atoms with van der Waals surface area (Å²) in [5, 5.41) is 11.5. The lowest BCUT2D eigenvalue weighted by Gasteiger charge is -1.98. The van der Waals surface area contributed by atoms with E-state index in [2.05, 4.69) is 14.1 Å². The minimum absolute atomic E-state index is 0.00782. The number of hydrogen-bond donors (Lipinski definition) is 2. The Balaban J connectivity index is 2.70. The maximum atomic E-state index is 10.5. The van der Waals surface area contributed by atoms with Gasteiger partial charge >= 0.3 is 5.97 Å². The fourth-order valence-corrected chi connectivity index (χ4v) is 1.21. The molecule has 0 aliphatic heterocycles. The topological polar surface area (TPSA) is 75.1 Å². The first-order valence-corrected chi connectivity index (χ1v) is 4.28. The third kappa shape index (κ3) is 1.91. The summed E-state index contributed by atoms with van der Waals surface area (Å²) in [5.74, 6) is -0.670. The van der Waals surface area contributed by atoms with Gasteiger partial charge in [-0.25, -0.2) is 4.79 Å². The Labute approximate surface area is 73.8 Å². The maximum Gasteiger partial charge on any atom is 0.359 e. The Morgan fingerprint density at radius 3 is 3.00 bits per heavy atom. The van der Waals surface area contributed by atoms with Crippen LogP contribution in [0.2, 0.25) is 0 Å². The molecule has 0 aliphatic carbocycles. The number of rotatable bonds is 4. The van der Waals surface area contributed by atoms with Crippen molar-refractivity contribution in [3.8, 4) is 0 Å².